The van der Waals surface area contributed by atoms with Crippen molar-refractivity contribution < 1.29 is 14.2 Å². The molecule has 0 aliphatic heterocycles. The summed E-state index contributed by atoms with van der Waals surface area (Å²) < 4.78 is 17.0. The number of halogens is 3. The number of ether oxygens (including phenoxy) is 3. The van der Waals surface area contributed by atoms with Gasteiger partial charge in [0, 0.05) is 5.02 Å². The van der Waals surface area contributed by atoms with Crippen LogP contribution in [0, 0.1) is 43.9 Å². The molecule has 0 aromatic heterocycles. The number of rotatable bonds is 6. The number of aryl methyl sites for hydroxylation is 4. The highest BCUT2D eigenvalue weighted by Gasteiger charge is 2.22. The molecule has 0 spiro atoms. The fourth-order valence-electron chi connectivity index (χ4n) is 5.05. The third-order valence-corrected chi connectivity index (χ3v) is 10.7. The molecule has 0 amide bonds. The summed E-state index contributed by atoms with van der Waals surface area (Å²) in [6.07, 6.45) is 0.141. The van der Waals surface area contributed by atoms with Gasteiger partial charge in [-0.15, -0.1) is 0 Å². The summed E-state index contributed by atoms with van der Waals surface area (Å²) in [6.45, 7) is 44.4. The Morgan fingerprint density at radius 1 is 0.438 bits per heavy atom. The topological polar surface area (TPSA) is 27.7 Å². The van der Waals surface area contributed by atoms with Crippen LogP contribution in [0.2, 0.25) is 15.1 Å². The van der Waals surface area contributed by atoms with Crippen molar-refractivity contribution in [1.82, 2.24) is 0 Å². The minimum atomic E-state index is 0.124. The zero-order chi connectivity index (χ0) is 49.3. The van der Waals surface area contributed by atoms with E-state index in [1.165, 1.54) is 22.3 Å². The van der Waals surface area contributed by atoms with Crippen molar-refractivity contribution >= 4 is 34.8 Å². The van der Waals surface area contributed by atoms with Crippen molar-refractivity contribution in [3.63, 3.8) is 0 Å². The van der Waals surface area contributed by atoms with Crippen LogP contribution < -0.4 is 14.2 Å². The van der Waals surface area contributed by atoms with Crippen LogP contribution in [0.15, 0.2) is 109 Å². The Morgan fingerprint density at radius 2 is 0.953 bits per heavy atom. The summed E-state index contributed by atoms with van der Waals surface area (Å²) in [4.78, 5) is 0. The molecule has 1 unspecified atom stereocenters. The van der Waals surface area contributed by atoms with Crippen LogP contribution in [-0.4, -0.2) is 19.3 Å². The monoisotopic (exact) mass is 933 g/mol. The molecule has 0 fully saturated rings. The molecule has 64 heavy (non-hydrogen) atoms. The smallest absolute Gasteiger partial charge is 0.138 e. The van der Waals surface area contributed by atoms with E-state index >= 15 is 0 Å². The van der Waals surface area contributed by atoms with E-state index in [1.54, 1.807) is 0 Å². The third-order valence-electron chi connectivity index (χ3n) is 9.72. The van der Waals surface area contributed by atoms with Gasteiger partial charge in [-0.3, -0.25) is 0 Å². The van der Waals surface area contributed by atoms with Gasteiger partial charge in [-0.1, -0.05) is 223 Å². The summed E-state index contributed by atoms with van der Waals surface area (Å²) in [7, 11) is 0. The molecule has 0 saturated heterocycles. The molecular formula is C58H83Cl3O3. The van der Waals surface area contributed by atoms with E-state index in [9.17, 15) is 0 Å². The van der Waals surface area contributed by atoms with Crippen molar-refractivity contribution in [2.24, 2.45) is 16.2 Å². The summed E-state index contributed by atoms with van der Waals surface area (Å²) in [6, 6.07) is 36.6. The highest BCUT2D eigenvalue weighted by molar-refractivity contribution is 6.32. The third kappa shape index (κ3) is 25.2. The summed E-state index contributed by atoms with van der Waals surface area (Å²) in [5.41, 5.74) is 8.76. The van der Waals surface area contributed by atoms with Crippen LogP contribution in [-0.2, 0) is 10.8 Å². The maximum absolute atomic E-state index is 6.03. The molecule has 0 N–H and O–H groups in total. The molecule has 5 rings (SSSR count). The molecular weight excluding hydrogens is 851 g/mol. The maximum atomic E-state index is 6.03. The minimum Gasteiger partial charge on any atom is -0.493 e. The standard InChI is InChI=1S/3C12H17ClO.2C11H16/c1-9-5-6-10(7-11(9)13)14-8-12(2,3)4;1-9-5-6-11(10(13)7-9)14-8-12(2,3)4;1-9(12(2,3)4)14-11-8-6-5-7-10(11)13;1-9-5-7-10(8-6-9)11(2,3)4;1-9-6-5-7-10(8-9)11(2,3)4/h2*5-7H,8H2,1-4H3;5-9H,1-4H3;2*5-8H,1-4H3. The number of hydrogen-bond donors (Lipinski definition) is 0. The molecule has 5 aromatic rings. The first-order valence-corrected chi connectivity index (χ1v) is 23.6. The highest BCUT2D eigenvalue weighted by atomic mass is 35.5. The van der Waals surface area contributed by atoms with Gasteiger partial charge in [0.15, 0.2) is 0 Å². The second-order valence-electron chi connectivity index (χ2n) is 22.3. The molecule has 0 radical (unpaired) electrons. The van der Waals surface area contributed by atoms with Crippen molar-refractivity contribution in [3.05, 3.63) is 158 Å². The Balaban J connectivity index is 0.000000402. The van der Waals surface area contributed by atoms with E-state index < -0.39 is 0 Å². The molecule has 0 saturated carbocycles. The molecule has 1 atom stereocenters. The molecule has 3 nitrogen and oxygen atoms in total. The lowest BCUT2D eigenvalue weighted by molar-refractivity contribution is 0.104. The van der Waals surface area contributed by atoms with Gasteiger partial charge in [0.25, 0.3) is 0 Å². The van der Waals surface area contributed by atoms with Crippen LogP contribution >= 0.6 is 34.8 Å². The normalized spacial score (nSPS) is 12.0. The second-order valence-corrected chi connectivity index (χ2v) is 23.6. The highest BCUT2D eigenvalue weighted by Crippen LogP contribution is 2.30. The number of hydrogen-bond acceptors (Lipinski definition) is 3. The lowest BCUT2D eigenvalue weighted by Crippen LogP contribution is -2.28. The minimum absolute atomic E-state index is 0.124. The van der Waals surface area contributed by atoms with Gasteiger partial charge in [0.1, 0.15) is 23.4 Å². The van der Waals surface area contributed by atoms with Gasteiger partial charge in [0.2, 0.25) is 0 Å². The molecule has 0 aliphatic carbocycles. The predicted octanol–water partition coefficient (Wildman–Crippen LogP) is 18.9. The summed E-state index contributed by atoms with van der Waals surface area (Å²) in [5, 5.41) is 2.12. The zero-order valence-electron chi connectivity index (χ0n) is 43.2. The van der Waals surface area contributed by atoms with E-state index in [4.69, 9.17) is 49.0 Å². The van der Waals surface area contributed by atoms with E-state index in [-0.39, 0.29) is 33.2 Å². The van der Waals surface area contributed by atoms with Crippen LogP contribution in [0.1, 0.15) is 144 Å². The van der Waals surface area contributed by atoms with Gasteiger partial charge >= 0.3 is 0 Å². The Morgan fingerprint density at radius 3 is 1.41 bits per heavy atom. The fraction of sp³-hybridized carbons (Fsp3) is 0.483. The molecule has 5 aromatic carbocycles. The maximum Gasteiger partial charge on any atom is 0.138 e. The quantitative estimate of drug-likeness (QED) is 0.170. The van der Waals surface area contributed by atoms with E-state index in [1.807, 2.05) is 74.5 Å². The van der Waals surface area contributed by atoms with Gasteiger partial charge in [-0.25, -0.2) is 0 Å². The Labute approximate surface area is 406 Å². The molecule has 6 heteroatoms. The first-order valence-electron chi connectivity index (χ1n) is 22.5. The van der Waals surface area contributed by atoms with Crippen molar-refractivity contribution in [2.45, 2.75) is 155 Å². The largest absolute Gasteiger partial charge is 0.493 e. The molecule has 0 aliphatic rings. The van der Waals surface area contributed by atoms with Crippen molar-refractivity contribution in [2.75, 3.05) is 13.2 Å². The van der Waals surface area contributed by atoms with Crippen LogP contribution in [0.5, 0.6) is 17.2 Å². The summed E-state index contributed by atoms with van der Waals surface area (Å²) in [5.74, 6) is 2.37. The lowest BCUT2D eigenvalue weighted by Gasteiger charge is -2.28. The van der Waals surface area contributed by atoms with Crippen LogP contribution in [0.3, 0.4) is 0 Å². The molecule has 0 bridgehead atoms. The van der Waals surface area contributed by atoms with Crippen molar-refractivity contribution in [3.8, 4) is 17.2 Å². The van der Waals surface area contributed by atoms with E-state index in [2.05, 4.69) is 173 Å². The Bertz CT molecular complexity index is 2100. The molecule has 0 heterocycles. The van der Waals surface area contributed by atoms with Gasteiger partial charge in [-0.05, 0) is 120 Å². The fourth-order valence-corrected chi connectivity index (χ4v) is 5.69. The first-order chi connectivity index (χ1) is 29.2. The average molecular weight is 935 g/mol. The van der Waals surface area contributed by atoms with Gasteiger partial charge < -0.3 is 14.2 Å². The number of para-hydroxylation sites is 1. The van der Waals surface area contributed by atoms with E-state index in [0.29, 0.717) is 23.3 Å². The van der Waals surface area contributed by atoms with Gasteiger partial charge in [0.05, 0.1) is 23.3 Å². The van der Waals surface area contributed by atoms with Crippen LogP contribution in [0.25, 0.3) is 0 Å². The van der Waals surface area contributed by atoms with Crippen LogP contribution in [0.4, 0.5) is 0 Å². The second kappa shape index (κ2) is 25.9. The zero-order valence-corrected chi connectivity index (χ0v) is 45.5. The predicted molar refractivity (Wildman–Crippen MR) is 283 cm³/mol. The summed E-state index contributed by atoms with van der Waals surface area (Å²) >= 11 is 18.0. The van der Waals surface area contributed by atoms with Gasteiger partial charge in [-0.2, -0.15) is 0 Å². The van der Waals surface area contributed by atoms with Crippen molar-refractivity contribution in [1.29, 1.82) is 0 Å². The Hall–Kier alpha value is -3.63. The molecule has 354 valence electrons. The first kappa shape index (κ1) is 58.4. The SMILES string of the molecule is CC(Oc1ccccc1Cl)C(C)(C)C.Cc1ccc(C(C)(C)C)cc1.Cc1ccc(OCC(C)(C)C)c(Cl)c1.Cc1ccc(OCC(C)(C)C)cc1Cl.Cc1cccc(C(C)(C)C)c1. The lowest BCUT2D eigenvalue weighted by atomic mass is 9.86. The Kier molecular flexibility index (Phi) is 23.6. The number of benzene rings is 5. The van der Waals surface area contributed by atoms with E-state index in [0.717, 1.165) is 33.4 Å². The average Bonchev–Trinajstić information content (AvgIpc) is 3.15.